The molecule has 1 atom stereocenters. The van der Waals surface area contributed by atoms with Crippen molar-refractivity contribution in [1.82, 2.24) is 0 Å². The number of phenolic OH excluding ortho intramolecular Hbond substituents is 1. The van der Waals surface area contributed by atoms with Crippen molar-refractivity contribution in [1.29, 1.82) is 0 Å². The second-order valence-corrected chi connectivity index (χ2v) is 6.11. The summed E-state index contributed by atoms with van der Waals surface area (Å²) < 4.78 is 5.87. The zero-order chi connectivity index (χ0) is 17.3. The zero-order valence-corrected chi connectivity index (χ0v) is 13.8. The zero-order valence-electron chi connectivity index (χ0n) is 13.8. The van der Waals surface area contributed by atoms with E-state index in [1.807, 2.05) is 26.0 Å². The number of anilines is 1. The number of rotatable bonds is 4. The molecule has 0 radical (unpaired) electrons. The molecule has 1 heterocycles. The number of phenols is 1. The molecule has 1 aliphatic heterocycles. The van der Waals surface area contributed by atoms with E-state index in [1.165, 1.54) is 17.0 Å². The third-order valence-corrected chi connectivity index (χ3v) is 4.28. The topological polar surface area (TPSA) is 70.0 Å². The van der Waals surface area contributed by atoms with Crippen LogP contribution in [0.5, 0.6) is 11.5 Å². The number of hydrogen-bond acceptors (Lipinski definition) is 4. The van der Waals surface area contributed by atoms with E-state index in [9.17, 15) is 15.0 Å². The molecule has 0 bridgehead atoms. The van der Waals surface area contributed by atoms with Gasteiger partial charge in [0.15, 0.2) is 6.10 Å². The Balaban J connectivity index is 1.94. The minimum Gasteiger partial charge on any atom is -0.508 e. The van der Waals surface area contributed by atoms with Gasteiger partial charge in [-0.2, -0.15) is 0 Å². The van der Waals surface area contributed by atoms with Crippen LogP contribution in [0.4, 0.5) is 5.69 Å². The lowest BCUT2D eigenvalue weighted by atomic mass is 9.98. The summed E-state index contributed by atoms with van der Waals surface area (Å²) in [6, 6.07) is 10.8. The van der Waals surface area contributed by atoms with Crippen LogP contribution in [0.1, 0.15) is 16.7 Å². The SMILES string of the molecule is Cc1ccc(C)c(CC2Oc3cc(O)ccc3N(CCO)C2=O)c1. The molecule has 1 unspecified atom stereocenters. The highest BCUT2D eigenvalue weighted by molar-refractivity contribution is 6.00. The highest BCUT2D eigenvalue weighted by Crippen LogP contribution is 2.37. The maximum absolute atomic E-state index is 12.8. The van der Waals surface area contributed by atoms with Gasteiger partial charge in [-0.1, -0.05) is 23.8 Å². The Labute approximate surface area is 141 Å². The predicted octanol–water partition coefficient (Wildman–Crippen LogP) is 2.34. The first-order valence-electron chi connectivity index (χ1n) is 7.97. The Kier molecular flexibility index (Phi) is 4.44. The predicted molar refractivity (Wildman–Crippen MR) is 91.6 cm³/mol. The largest absolute Gasteiger partial charge is 0.508 e. The van der Waals surface area contributed by atoms with Crippen molar-refractivity contribution in [3.63, 3.8) is 0 Å². The lowest BCUT2D eigenvalue weighted by Gasteiger charge is -2.34. The standard InChI is InChI=1S/C19H21NO4/c1-12-3-4-13(2)14(9-12)10-18-19(23)20(7-8-21)16-6-5-15(22)11-17(16)24-18/h3-6,9,11,18,21-22H,7-8,10H2,1-2H3. The average molecular weight is 327 g/mol. The molecule has 3 rings (SSSR count). The molecule has 2 aromatic carbocycles. The molecule has 2 N–H and O–H groups in total. The second-order valence-electron chi connectivity index (χ2n) is 6.11. The second kappa shape index (κ2) is 6.53. The first-order chi connectivity index (χ1) is 11.5. The number of aliphatic hydroxyl groups excluding tert-OH is 1. The van der Waals surface area contributed by atoms with Gasteiger partial charge in [-0.25, -0.2) is 0 Å². The minimum absolute atomic E-state index is 0.0810. The number of β-amino-alcohol motifs (C(OH)–C–C–N with tert-alkyl or cyclic N) is 1. The van der Waals surface area contributed by atoms with Gasteiger partial charge in [0.05, 0.1) is 12.3 Å². The lowest BCUT2D eigenvalue weighted by molar-refractivity contribution is -0.126. The van der Waals surface area contributed by atoms with E-state index in [2.05, 4.69) is 6.07 Å². The van der Waals surface area contributed by atoms with Crippen LogP contribution in [0.25, 0.3) is 0 Å². The summed E-state index contributed by atoms with van der Waals surface area (Å²) in [5, 5.41) is 19.0. The number of aromatic hydroxyl groups is 1. The van der Waals surface area contributed by atoms with Gasteiger partial charge in [-0.3, -0.25) is 4.79 Å². The van der Waals surface area contributed by atoms with Crippen molar-refractivity contribution in [3.05, 3.63) is 53.1 Å². The van der Waals surface area contributed by atoms with Crippen LogP contribution in [0.15, 0.2) is 36.4 Å². The van der Waals surface area contributed by atoms with Gasteiger partial charge in [-0.15, -0.1) is 0 Å². The van der Waals surface area contributed by atoms with E-state index in [0.29, 0.717) is 17.9 Å². The number of hydrogen-bond donors (Lipinski definition) is 2. The monoisotopic (exact) mass is 327 g/mol. The molecule has 0 aromatic heterocycles. The summed E-state index contributed by atoms with van der Waals surface area (Å²) in [6.45, 7) is 4.08. The van der Waals surface area contributed by atoms with Crippen molar-refractivity contribution in [3.8, 4) is 11.5 Å². The first-order valence-corrected chi connectivity index (χ1v) is 7.97. The molecular formula is C19H21NO4. The number of amides is 1. The van der Waals surface area contributed by atoms with Crippen LogP contribution in [0, 0.1) is 13.8 Å². The number of carbonyl (C=O) groups excluding carboxylic acids is 1. The molecule has 1 aliphatic rings. The minimum atomic E-state index is -0.675. The van der Waals surface area contributed by atoms with Crippen LogP contribution >= 0.6 is 0 Å². The van der Waals surface area contributed by atoms with Crippen molar-refractivity contribution in [2.75, 3.05) is 18.1 Å². The van der Waals surface area contributed by atoms with E-state index in [1.54, 1.807) is 6.07 Å². The molecule has 0 aliphatic carbocycles. The van der Waals surface area contributed by atoms with Crippen LogP contribution < -0.4 is 9.64 Å². The Morgan fingerprint density at radius 3 is 2.71 bits per heavy atom. The van der Waals surface area contributed by atoms with Gasteiger partial charge < -0.3 is 19.8 Å². The molecule has 0 fully saturated rings. The molecule has 126 valence electrons. The fourth-order valence-corrected chi connectivity index (χ4v) is 3.00. The summed E-state index contributed by atoms with van der Waals surface area (Å²) in [5.41, 5.74) is 3.86. The molecular weight excluding hydrogens is 306 g/mol. The number of aryl methyl sites for hydroxylation is 2. The molecule has 5 heteroatoms. The van der Waals surface area contributed by atoms with E-state index in [-0.39, 0.29) is 24.8 Å². The van der Waals surface area contributed by atoms with E-state index in [0.717, 1.165) is 16.7 Å². The summed E-state index contributed by atoms with van der Waals surface area (Å²) in [7, 11) is 0. The Morgan fingerprint density at radius 1 is 1.17 bits per heavy atom. The van der Waals surface area contributed by atoms with Gasteiger partial charge in [0.2, 0.25) is 0 Å². The first kappa shape index (κ1) is 16.3. The molecule has 5 nitrogen and oxygen atoms in total. The van der Waals surface area contributed by atoms with Gasteiger partial charge in [0, 0.05) is 19.0 Å². The summed E-state index contributed by atoms with van der Waals surface area (Å²) in [6.07, 6.45) is -0.227. The van der Waals surface area contributed by atoms with Crippen LogP contribution in [0.3, 0.4) is 0 Å². The molecule has 1 amide bonds. The van der Waals surface area contributed by atoms with E-state index >= 15 is 0 Å². The number of aliphatic hydroxyl groups is 1. The molecule has 24 heavy (non-hydrogen) atoms. The summed E-state index contributed by atoms with van der Waals surface area (Å²) in [5.74, 6) is 0.360. The Hall–Kier alpha value is -2.53. The normalized spacial score (nSPS) is 16.7. The van der Waals surface area contributed by atoms with Crippen LogP contribution in [-0.4, -0.2) is 35.4 Å². The Morgan fingerprint density at radius 2 is 1.96 bits per heavy atom. The highest BCUT2D eigenvalue weighted by Gasteiger charge is 2.34. The summed E-state index contributed by atoms with van der Waals surface area (Å²) >= 11 is 0. The van der Waals surface area contributed by atoms with Crippen LogP contribution in [0.2, 0.25) is 0 Å². The number of fused-ring (bicyclic) bond motifs is 1. The van der Waals surface area contributed by atoms with E-state index in [4.69, 9.17) is 4.74 Å². The Bertz CT molecular complexity index is 772. The van der Waals surface area contributed by atoms with Crippen molar-refractivity contribution in [2.45, 2.75) is 26.4 Å². The van der Waals surface area contributed by atoms with Gasteiger partial charge in [-0.05, 0) is 37.1 Å². The van der Waals surface area contributed by atoms with Crippen LogP contribution in [-0.2, 0) is 11.2 Å². The lowest BCUT2D eigenvalue weighted by Crippen LogP contribution is -2.48. The number of ether oxygens (including phenoxy) is 1. The van der Waals surface area contributed by atoms with E-state index < -0.39 is 6.10 Å². The fraction of sp³-hybridized carbons (Fsp3) is 0.316. The third kappa shape index (κ3) is 3.08. The maximum atomic E-state index is 12.8. The quantitative estimate of drug-likeness (QED) is 0.904. The van der Waals surface area contributed by atoms with Crippen molar-refractivity contribution < 1.29 is 19.7 Å². The van der Waals surface area contributed by atoms with Crippen molar-refractivity contribution in [2.24, 2.45) is 0 Å². The number of nitrogens with zero attached hydrogens (tertiary/aromatic N) is 1. The molecule has 0 saturated heterocycles. The smallest absolute Gasteiger partial charge is 0.268 e. The molecule has 2 aromatic rings. The van der Waals surface area contributed by atoms with Gasteiger partial charge >= 0.3 is 0 Å². The molecule has 0 saturated carbocycles. The van der Waals surface area contributed by atoms with Crippen molar-refractivity contribution >= 4 is 11.6 Å². The number of benzene rings is 2. The van der Waals surface area contributed by atoms with Gasteiger partial charge in [0.1, 0.15) is 11.5 Å². The van der Waals surface area contributed by atoms with Gasteiger partial charge in [0.25, 0.3) is 5.91 Å². The third-order valence-electron chi connectivity index (χ3n) is 4.28. The summed E-state index contributed by atoms with van der Waals surface area (Å²) in [4.78, 5) is 14.3. The maximum Gasteiger partial charge on any atom is 0.268 e. The average Bonchev–Trinajstić information content (AvgIpc) is 2.54. The number of carbonyl (C=O) groups is 1. The highest BCUT2D eigenvalue weighted by atomic mass is 16.5. The molecule has 0 spiro atoms. The fourth-order valence-electron chi connectivity index (χ4n) is 3.00.